The zero-order chi connectivity index (χ0) is 21.0. The smallest absolute Gasteiger partial charge is 0.223 e. The summed E-state index contributed by atoms with van der Waals surface area (Å²) in [5.74, 6) is 2.85. The number of aromatic nitrogens is 1. The number of ether oxygens (including phenoxy) is 1. The van der Waals surface area contributed by atoms with Crippen LogP contribution in [0.1, 0.15) is 24.3 Å². The quantitative estimate of drug-likeness (QED) is 0.343. The van der Waals surface area contributed by atoms with Crippen LogP contribution in [0.15, 0.2) is 95.4 Å². The van der Waals surface area contributed by atoms with Gasteiger partial charge in [0.25, 0.3) is 0 Å². The summed E-state index contributed by atoms with van der Waals surface area (Å²) in [5, 5.41) is 0. The third kappa shape index (κ3) is 4.04. The molecule has 0 fully saturated rings. The van der Waals surface area contributed by atoms with Crippen LogP contribution in [0.5, 0.6) is 5.75 Å². The second-order valence-corrected chi connectivity index (χ2v) is 7.92. The summed E-state index contributed by atoms with van der Waals surface area (Å²) in [6.45, 7) is 0. The Bertz CT molecular complexity index is 1140. The van der Waals surface area contributed by atoms with E-state index < -0.39 is 0 Å². The number of hydrogen-bond donors (Lipinski definition) is 0. The van der Waals surface area contributed by atoms with Crippen molar-refractivity contribution in [1.82, 2.24) is 4.98 Å². The van der Waals surface area contributed by atoms with Gasteiger partial charge in [0.05, 0.1) is 7.11 Å². The van der Waals surface area contributed by atoms with Crippen LogP contribution in [-0.2, 0) is 6.42 Å². The van der Waals surface area contributed by atoms with Crippen LogP contribution in [0.3, 0.4) is 0 Å². The van der Waals surface area contributed by atoms with Crippen LogP contribution < -0.4 is 4.74 Å². The van der Waals surface area contributed by atoms with E-state index in [2.05, 4.69) is 48.5 Å². The van der Waals surface area contributed by atoms with Gasteiger partial charge in [0.2, 0.25) is 5.89 Å². The van der Waals surface area contributed by atoms with Crippen LogP contribution >= 0.6 is 0 Å². The lowest BCUT2D eigenvalue weighted by Gasteiger charge is -2.13. The molecule has 0 spiro atoms. The zero-order valence-corrected chi connectivity index (χ0v) is 17.6. The van der Waals surface area contributed by atoms with Crippen molar-refractivity contribution < 1.29 is 9.15 Å². The van der Waals surface area contributed by atoms with Crippen molar-refractivity contribution in [3.63, 3.8) is 0 Å². The molecule has 4 aromatic rings. The first-order valence-electron chi connectivity index (χ1n) is 10.8. The van der Waals surface area contributed by atoms with Gasteiger partial charge in [0, 0.05) is 16.7 Å². The molecule has 1 heterocycles. The number of nitrogens with zero attached hydrogens (tertiary/aromatic N) is 1. The van der Waals surface area contributed by atoms with E-state index >= 15 is 0 Å². The molecule has 1 atom stereocenters. The summed E-state index contributed by atoms with van der Waals surface area (Å²) in [6.07, 6.45) is 5.40. The van der Waals surface area contributed by atoms with Gasteiger partial charge in [-0.05, 0) is 42.9 Å². The molecule has 3 nitrogen and oxygen atoms in total. The third-order valence-electron chi connectivity index (χ3n) is 5.89. The van der Waals surface area contributed by atoms with Gasteiger partial charge in [-0.1, -0.05) is 78.9 Å². The number of allylic oxidation sites excluding steroid dienone is 2. The molecule has 31 heavy (non-hydrogen) atoms. The molecule has 0 bridgehead atoms. The predicted molar refractivity (Wildman–Crippen MR) is 125 cm³/mol. The molecular formula is C28H25NO2. The molecule has 1 aromatic heterocycles. The Hall–Kier alpha value is -3.59. The van der Waals surface area contributed by atoms with Crippen LogP contribution in [0.25, 0.3) is 28.2 Å². The van der Waals surface area contributed by atoms with E-state index in [1.807, 2.05) is 42.5 Å². The van der Waals surface area contributed by atoms with Crippen molar-refractivity contribution in [3.05, 3.63) is 102 Å². The molecule has 0 unspecified atom stereocenters. The van der Waals surface area contributed by atoms with E-state index in [1.165, 1.54) is 11.1 Å². The van der Waals surface area contributed by atoms with Gasteiger partial charge in [-0.2, -0.15) is 0 Å². The number of hydrogen-bond acceptors (Lipinski definition) is 3. The number of benzene rings is 3. The highest BCUT2D eigenvalue weighted by Gasteiger charge is 2.27. The molecule has 3 heteroatoms. The molecule has 0 aliphatic heterocycles. The Morgan fingerprint density at radius 2 is 1.65 bits per heavy atom. The first kappa shape index (κ1) is 19.4. The summed E-state index contributed by atoms with van der Waals surface area (Å²) in [6, 6.07) is 28.9. The van der Waals surface area contributed by atoms with Gasteiger partial charge < -0.3 is 9.15 Å². The Morgan fingerprint density at radius 1 is 0.903 bits per heavy atom. The molecule has 0 amide bonds. The van der Waals surface area contributed by atoms with Crippen molar-refractivity contribution in [2.45, 2.75) is 19.3 Å². The molecule has 3 aromatic carbocycles. The maximum atomic E-state index is 6.45. The van der Waals surface area contributed by atoms with Gasteiger partial charge >= 0.3 is 0 Å². The normalized spacial score (nSPS) is 15.6. The number of oxazole rings is 1. The second kappa shape index (κ2) is 8.65. The molecule has 0 saturated carbocycles. The maximum Gasteiger partial charge on any atom is 0.223 e. The van der Waals surface area contributed by atoms with Crippen molar-refractivity contribution in [1.29, 1.82) is 0 Å². The highest BCUT2D eigenvalue weighted by Crippen LogP contribution is 2.40. The van der Waals surface area contributed by atoms with E-state index in [1.54, 1.807) is 7.11 Å². The van der Waals surface area contributed by atoms with Crippen molar-refractivity contribution in [2.75, 3.05) is 7.11 Å². The first-order chi connectivity index (χ1) is 15.3. The van der Waals surface area contributed by atoms with Gasteiger partial charge in [0.1, 0.15) is 11.4 Å². The summed E-state index contributed by atoms with van der Waals surface area (Å²) in [7, 11) is 1.71. The highest BCUT2D eigenvalue weighted by atomic mass is 16.5. The van der Waals surface area contributed by atoms with Crippen LogP contribution in [0, 0.1) is 5.92 Å². The summed E-state index contributed by atoms with van der Waals surface area (Å²) in [4.78, 5) is 5.00. The summed E-state index contributed by atoms with van der Waals surface area (Å²) in [5.41, 5.74) is 5.49. The lowest BCUT2D eigenvalue weighted by atomic mass is 9.93. The first-order valence-corrected chi connectivity index (χ1v) is 10.8. The Labute approximate surface area is 183 Å². The van der Waals surface area contributed by atoms with Crippen molar-refractivity contribution >= 4 is 5.57 Å². The minimum absolute atomic E-state index is 0.387. The van der Waals surface area contributed by atoms with E-state index in [4.69, 9.17) is 14.1 Å². The number of rotatable bonds is 6. The lowest BCUT2D eigenvalue weighted by Crippen LogP contribution is -2.04. The second-order valence-electron chi connectivity index (χ2n) is 7.92. The molecule has 1 aliphatic carbocycles. The van der Waals surface area contributed by atoms with Crippen LogP contribution in [0.4, 0.5) is 0 Å². The fraction of sp³-hybridized carbons (Fsp3) is 0.179. The van der Waals surface area contributed by atoms with E-state index in [0.717, 1.165) is 53.5 Å². The minimum atomic E-state index is 0.387. The van der Waals surface area contributed by atoms with Gasteiger partial charge in [-0.15, -0.1) is 0 Å². The van der Waals surface area contributed by atoms with Crippen molar-refractivity contribution in [3.8, 4) is 28.3 Å². The summed E-state index contributed by atoms with van der Waals surface area (Å²) < 4.78 is 11.9. The minimum Gasteiger partial charge on any atom is -0.497 e. The molecule has 0 radical (unpaired) electrons. The molecule has 1 aliphatic rings. The highest BCUT2D eigenvalue weighted by molar-refractivity contribution is 5.79. The fourth-order valence-corrected chi connectivity index (χ4v) is 4.34. The van der Waals surface area contributed by atoms with E-state index in [0.29, 0.717) is 5.92 Å². The topological polar surface area (TPSA) is 35.3 Å². The van der Waals surface area contributed by atoms with Crippen molar-refractivity contribution in [2.24, 2.45) is 5.92 Å². The van der Waals surface area contributed by atoms with E-state index in [9.17, 15) is 0 Å². The molecule has 0 N–H and O–H groups in total. The third-order valence-corrected chi connectivity index (χ3v) is 5.89. The van der Waals surface area contributed by atoms with Gasteiger partial charge in [-0.3, -0.25) is 0 Å². The molecule has 5 rings (SSSR count). The largest absolute Gasteiger partial charge is 0.497 e. The monoisotopic (exact) mass is 407 g/mol. The predicted octanol–water partition coefficient (Wildman–Crippen LogP) is 7.05. The Morgan fingerprint density at radius 3 is 2.39 bits per heavy atom. The standard InChI is InChI=1S/C28H25NO2/c1-30-24-16-8-10-20(19-24)18-23-15-9-17-25(23)28-29-26(21-11-4-2-5-12-21)27(31-28)22-13-6-3-7-14-22/h2-8,10-14,16-17,19,23H,9,15,18H2,1H3/t23-/m1/s1. The molecular weight excluding hydrogens is 382 g/mol. The molecule has 0 saturated heterocycles. The lowest BCUT2D eigenvalue weighted by molar-refractivity contribution is 0.414. The fourth-order valence-electron chi connectivity index (χ4n) is 4.34. The zero-order valence-electron chi connectivity index (χ0n) is 17.6. The van der Waals surface area contributed by atoms with Crippen LogP contribution in [-0.4, -0.2) is 12.1 Å². The summed E-state index contributed by atoms with van der Waals surface area (Å²) >= 11 is 0. The Balaban J connectivity index is 1.51. The maximum absolute atomic E-state index is 6.45. The average Bonchev–Trinajstić information content (AvgIpc) is 3.47. The SMILES string of the molecule is COc1cccc(C[C@H]2CCC=C2c2nc(-c3ccccc3)c(-c3ccccc3)o2)c1. The van der Waals surface area contributed by atoms with E-state index in [-0.39, 0.29) is 0 Å². The van der Waals surface area contributed by atoms with Gasteiger partial charge in [0.15, 0.2) is 5.76 Å². The Kier molecular flexibility index (Phi) is 5.40. The number of methoxy groups -OCH3 is 1. The van der Waals surface area contributed by atoms with Crippen LogP contribution in [0.2, 0.25) is 0 Å². The molecule has 154 valence electrons. The van der Waals surface area contributed by atoms with Gasteiger partial charge in [-0.25, -0.2) is 4.98 Å². The average molecular weight is 408 g/mol.